The first-order valence-corrected chi connectivity index (χ1v) is 7.34. The maximum atomic E-state index is 13.3. The molecule has 0 unspecified atom stereocenters. The van der Waals surface area contributed by atoms with Crippen molar-refractivity contribution in [3.63, 3.8) is 0 Å². The molecular weight excluding hydrogens is 314 g/mol. The van der Waals surface area contributed by atoms with Crippen LogP contribution in [0.5, 0.6) is 0 Å². The minimum atomic E-state index is -1.11. The molecule has 120 valence electrons. The molecule has 0 spiro atoms. The van der Waals surface area contributed by atoms with E-state index in [-0.39, 0.29) is 22.4 Å². The molecule has 0 saturated carbocycles. The van der Waals surface area contributed by atoms with E-state index in [0.29, 0.717) is 25.9 Å². The molecule has 0 N–H and O–H groups in total. The molecule has 22 heavy (non-hydrogen) atoms. The second-order valence-corrected chi connectivity index (χ2v) is 5.95. The Balaban J connectivity index is 2.07. The Morgan fingerprint density at radius 3 is 2.27 bits per heavy atom. The summed E-state index contributed by atoms with van der Waals surface area (Å²) in [5.74, 6) is -2.71. The molecule has 1 aromatic rings. The zero-order chi connectivity index (χ0) is 16.4. The third-order valence-corrected chi connectivity index (χ3v) is 4.13. The molecule has 2 rings (SSSR count). The van der Waals surface area contributed by atoms with Gasteiger partial charge in [-0.05, 0) is 25.0 Å². The van der Waals surface area contributed by atoms with Gasteiger partial charge in [-0.15, -0.1) is 0 Å². The number of hydrogen-bond acceptors (Lipinski definition) is 2. The minimum absolute atomic E-state index is 0.0398. The van der Waals surface area contributed by atoms with E-state index in [1.54, 1.807) is 14.1 Å². The zero-order valence-electron chi connectivity index (χ0n) is 12.4. The topological polar surface area (TPSA) is 40.6 Å². The average molecular weight is 331 g/mol. The highest BCUT2D eigenvalue weighted by atomic mass is 35.5. The first kappa shape index (κ1) is 16.7. The Kier molecular flexibility index (Phi) is 5.01. The summed E-state index contributed by atoms with van der Waals surface area (Å²) in [5, 5.41) is -0.115. The van der Waals surface area contributed by atoms with Crippen molar-refractivity contribution in [2.24, 2.45) is 5.92 Å². The number of piperidine rings is 1. The molecule has 0 aliphatic carbocycles. The molecular formula is C15H17ClF2N2O2. The standard InChI is InChI=1S/C15H17ClF2N2O2/c1-19(2)14(21)9-3-5-20(6-4-9)15(22)10-7-12(17)13(18)8-11(10)16/h7-9H,3-6H2,1-2H3. The molecule has 7 heteroatoms. The maximum Gasteiger partial charge on any atom is 0.255 e. The van der Waals surface area contributed by atoms with Crippen LogP contribution in [0.2, 0.25) is 5.02 Å². The van der Waals surface area contributed by atoms with E-state index >= 15 is 0 Å². The van der Waals surface area contributed by atoms with Gasteiger partial charge in [0, 0.05) is 33.1 Å². The normalized spacial score (nSPS) is 15.8. The summed E-state index contributed by atoms with van der Waals surface area (Å²) in [5.41, 5.74) is -0.0575. The summed E-state index contributed by atoms with van der Waals surface area (Å²) in [6.45, 7) is 0.775. The first-order chi connectivity index (χ1) is 10.3. The zero-order valence-corrected chi connectivity index (χ0v) is 13.2. The van der Waals surface area contributed by atoms with Crippen LogP contribution in [0.1, 0.15) is 23.2 Å². The quantitative estimate of drug-likeness (QED) is 0.782. The number of hydrogen-bond donors (Lipinski definition) is 0. The van der Waals surface area contributed by atoms with Gasteiger partial charge < -0.3 is 9.80 Å². The Hall–Kier alpha value is -1.69. The molecule has 1 aliphatic rings. The van der Waals surface area contributed by atoms with E-state index in [1.165, 1.54) is 9.80 Å². The van der Waals surface area contributed by atoms with Gasteiger partial charge >= 0.3 is 0 Å². The molecule has 0 radical (unpaired) electrons. The lowest BCUT2D eigenvalue weighted by molar-refractivity contribution is -0.134. The third kappa shape index (κ3) is 3.38. The summed E-state index contributed by atoms with van der Waals surface area (Å²) >= 11 is 5.82. The molecule has 0 aromatic heterocycles. The van der Waals surface area contributed by atoms with Gasteiger partial charge in [0.1, 0.15) is 0 Å². The Morgan fingerprint density at radius 1 is 1.18 bits per heavy atom. The van der Waals surface area contributed by atoms with Gasteiger partial charge in [0.2, 0.25) is 5.91 Å². The molecule has 1 heterocycles. The number of likely N-dealkylation sites (tertiary alicyclic amines) is 1. The van der Waals surface area contributed by atoms with Crippen LogP contribution in [0.15, 0.2) is 12.1 Å². The highest BCUT2D eigenvalue weighted by molar-refractivity contribution is 6.33. The van der Waals surface area contributed by atoms with E-state index in [1.807, 2.05) is 0 Å². The highest BCUT2D eigenvalue weighted by Crippen LogP contribution is 2.25. The first-order valence-electron chi connectivity index (χ1n) is 6.96. The van der Waals surface area contributed by atoms with E-state index in [2.05, 4.69) is 0 Å². The number of rotatable bonds is 2. The van der Waals surface area contributed by atoms with Crippen molar-refractivity contribution in [3.8, 4) is 0 Å². The van der Waals surface area contributed by atoms with Gasteiger partial charge in [0.05, 0.1) is 10.6 Å². The van der Waals surface area contributed by atoms with Gasteiger partial charge in [0.15, 0.2) is 11.6 Å². The van der Waals surface area contributed by atoms with Crippen molar-refractivity contribution in [3.05, 3.63) is 34.4 Å². The van der Waals surface area contributed by atoms with E-state index in [4.69, 9.17) is 11.6 Å². The van der Waals surface area contributed by atoms with Crippen molar-refractivity contribution in [2.75, 3.05) is 27.2 Å². The molecule has 1 saturated heterocycles. The van der Waals surface area contributed by atoms with Gasteiger partial charge in [-0.25, -0.2) is 8.78 Å². The molecule has 2 amide bonds. The van der Waals surface area contributed by atoms with Gasteiger partial charge in [-0.3, -0.25) is 9.59 Å². The monoisotopic (exact) mass is 330 g/mol. The highest BCUT2D eigenvalue weighted by Gasteiger charge is 2.29. The summed E-state index contributed by atoms with van der Waals surface area (Å²) in [6.07, 6.45) is 1.09. The molecule has 1 aliphatic heterocycles. The summed E-state index contributed by atoms with van der Waals surface area (Å²) < 4.78 is 26.3. The number of amides is 2. The van der Waals surface area contributed by atoms with Gasteiger partial charge in [0.25, 0.3) is 5.91 Å². The van der Waals surface area contributed by atoms with E-state index in [9.17, 15) is 18.4 Å². The number of benzene rings is 1. The van der Waals surface area contributed by atoms with Crippen LogP contribution in [0.4, 0.5) is 8.78 Å². The SMILES string of the molecule is CN(C)C(=O)C1CCN(C(=O)c2cc(F)c(F)cc2Cl)CC1. The Bertz CT molecular complexity index is 599. The Labute approximate surface area is 132 Å². The van der Waals surface area contributed by atoms with Crippen LogP contribution < -0.4 is 0 Å². The molecule has 0 bridgehead atoms. The van der Waals surface area contributed by atoms with Crippen LogP contribution in [-0.4, -0.2) is 48.8 Å². The maximum absolute atomic E-state index is 13.3. The molecule has 1 aromatic carbocycles. The van der Waals surface area contributed by atoms with Crippen LogP contribution in [0.25, 0.3) is 0 Å². The van der Waals surface area contributed by atoms with E-state index in [0.717, 1.165) is 12.1 Å². The van der Waals surface area contributed by atoms with Crippen molar-refractivity contribution in [1.29, 1.82) is 0 Å². The van der Waals surface area contributed by atoms with Crippen LogP contribution in [-0.2, 0) is 4.79 Å². The summed E-state index contributed by atoms with van der Waals surface area (Å²) in [6, 6.07) is 1.61. The molecule has 4 nitrogen and oxygen atoms in total. The number of carbonyl (C=O) groups is 2. The predicted octanol–water partition coefficient (Wildman–Crippen LogP) is 2.56. The smallest absolute Gasteiger partial charge is 0.255 e. The van der Waals surface area contributed by atoms with Crippen LogP contribution >= 0.6 is 11.6 Å². The average Bonchev–Trinajstić information content (AvgIpc) is 2.49. The van der Waals surface area contributed by atoms with Crippen molar-refractivity contribution < 1.29 is 18.4 Å². The lowest BCUT2D eigenvalue weighted by Crippen LogP contribution is -2.42. The molecule has 1 fully saturated rings. The predicted molar refractivity (Wildman–Crippen MR) is 78.7 cm³/mol. The second-order valence-electron chi connectivity index (χ2n) is 5.55. The van der Waals surface area contributed by atoms with Crippen molar-refractivity contribution in [1.82, 2.24) is 9.80 Å². The number of halogens is 3. The largest absolute Gasteiger partial charge is 0.349 e. The number of nitrogens with zero attached hydrogens (tertiary/aromatic N) is 2. The lowest BCUT2D eigenvalue weighted by Gasteiger charge is -2.32. The van der Waals surface area contributed by atoms with Gasteiger partial charge in [-0.1, -0.05) is 11.6 Å². The van der Waals surface area contributed by atoms with Crippen molar-refractivity contribution >= 4 is 23.4 Å². The lowest BCUT2D eigenvalue weighted by atomic mass is 9.95. The summed E-state index contributed by atoms with van der Waals surface area (Å²) in [7, 11) is 3.39. The second kappa shape index (κ2) is 6.60. The minimum Gasteiger partial charge on any atom is -0.349 e. The number of carbonyl (C=O) groups excluding carboxylic acids is 2. The van der Waals surface area contributed by atoms with Gasteiger partial charge in [-0.2, -0.15) is 0 Å². The summed E-state index contributed by atoms with van der Waals surface area (Å²) in [4.78, 5) is 27.3. The Morgan fingerprint density at radius 2 is 1.73 bits per heavy atom. The van der Waals surface area contributed by atoms with Crippen molar-refractivity contribution in [2.45, 2.75) is 12.8 Å². The molecule has 0 atom stereocenters. The third-order valence-electron chi connectivity index (χ3n) is 3.81. The fourth-order valence-corrected chi connectivity index (χ4v) is 2.78. The fraction of sp³-hybridized carbons (Fsp3) is 0.467. The van der Waals surface area contributed by atoms with Crippen LogP contribution in [0.3, 0.4) is 0 Å². The fourth-order valence-electron chi connectivity index (χ4n) is 2.55. The van der Waals surface area contributed by atoms with E-state index < -0.39 is 17.5 Å². The van der Waals surface area contributed by atoms with Crippen LogP contribution in [0, 0.1) is 17.6 Å².